The number of rotatable bonds is 4. The number of benzene rings is 1. The summed E-state index contributed by atoms with van der Waals surface area (Å²) in [5.74, 6) is -1.26. The molecule has 0 aliphatic rings. The number of ether oxygens (including phenoxy) is 1. The average Bonchev–Trinajstić information content (AvgIpc) is 2.22. The first-order valence-electron chi connectivity index (χ1n) is 4.46. The fraction of sp³-hybridized carbons (Fsp3) is 0.182. The van der Waals surface area contributed by atoms with Crippen LogP contribution in [0.3, 0.4) is 0 Å². The molecule has 0 spiro atoms. The molecule has 1 rings (SSSR count). The molecule has 16 heavy (non-hydrogen) atoms. The average molecular weight is 289 g/mol. The summed E-state index contributed by atoms with van der Waals surface area (Å²) in [6.45, 7) is 4.90. The van der Waals surface area contributed by atoms with Crippen molar-refractivity contribution in [2.45, 2.75) is 13.0 Å². The van der Waals surface area contributed by atoms with Crippen molar-refractivity contribution < 1.29 is 19.0 Å². The molecular formula is C11H10BrFO3. The molecule has 0 fully saturated rings. The van der Waals surface area contributed by atoms with Gasteiger partial charge in [-0.05, 0) is 35.0 Å². The molecule has 0 saturated carbocycles. The van der Waals surface area contributed by atoms with E-state index in [-0.39, 0.29) is 10.2 Å². The molecule has 5 heteroatoms. The van der Waals surface area contributed by atoms with E-state index in [9.17, 15) is 9.18 Å². The maximum Gasteiger partial charge on any atom is 0.344 e. The van der Waals surface area contributed by atoms with E-state index >= 15 is 0 Å². The lowest BCUT2D eigenvalue weighted by atomic mass is 10.2. The largest absolute Gasteiger partial charge is 0.479 e. The Morgan fingerprint density at radius 3 is 2.81 bits per heavy atom. The van der Waals surface area contributed by atoms with Crippen molar-refractivity contribution in [1.29, 1.82) is 0 Å². The molecule has 1 aromatic carbocycles. The van der Waals surface area contributed by atoms with Gasteiger partial charge in [-0.15, -0.1) is 0 Å². The van der Waals surface area contributed by atoms with Gasteiger partial charge in [-0.1, -0.05) is 12.7 Å². The lowest BCUT2D eigenvalue weighted by Gasteiger charge is -2.13. The van der Waals surface area contributed by atoms with E-state index in [1.807, 2.05) is 0 Å². The number of carboxylic acids is 1. The van der Waals surface area contributed by atoms with Crippen molar-refractivity contribution >= 4 is 28.0 Å². The lowest BCUT2D eigenvalue weighted by molar-refractivity contribution is -0.144. The standard InChI is InChI=1S/C11H10BrFO3/c1-3-7-4-9(13)8(12)5-10(7)16-6(2)11(14)15/h3-6H,1H2,2H3,(H,14,15)/t6-/m0/s1. The zero-order valence-electron chi connectivity index (χ0n) is 8.54. The normalized spacial score (nSPS) is 11.9. The number of carboxylic acid groups (broad SMARTS) is 1. The Hall–Kier alpha value is -1.36. The van der Waals surface area contributed by atoms with Gasteiger partial charge >= 0.3 is 5.97 Å². The number of halogens is 2. The highest BCUT2D eigenvalue weighted by Crippen LogP contribution is 2.28. The molecule has 0 unspecified atom stereocenters. The van der Waals surface area contributed by atoms with E-state index in [1.54, 1.807) is 0 Å². The minimum absolute atomic E-state index is 0.214. The summed E-state index contributed by atoms with van der Waals surface area (Å²) in [5.41, 5.74) is 0.411. The fourth-order valence-corrected chi connectivity index (χ4v) is 1.37. The maximum atomic E-state index is 13.2. The Morgan fingerprint density at radius 1 is 1.69 bits per heavy atom. The summed E-state index contributed by atoms with van der Waals surface area (Å²) in [6.07, 6.45) is 0.399. The first-order valence-corrected chi connectivity index (χ1v) is 5.26. The highest BCUT2D eigenvalue weighted by molar-refractivity contribution is 9.10. The van der Waals surface area contributed by atoms with Crippen LogP contribution in [0, 0.1) is 5.82 Å². The highest BCUT2D eigenvalue weighted by Gasteiger charge is 2.15. The zero-order valence-corrected chi connectivity index (χ0v) is 10.1. The second-order valence-corrected chi connectivity index (χ2v) is 3.96. The van der Waals surface area contributed by atoms with Crippen molar-refractivity contribution in [3.05, 3.63) is 34.6 Å². The Kier molecular flexibility index (Phi) is 4.06. The first-order chi connectivity index (χ1) is 7.45. The van der Waals surface area contributed by atoms with E-state index in [2.05, 4.69) is 22.5 Å². The third-order valence-electron chi connectivity index (χ3n) is 1.92. The number of hydrogen-bond acceptors (Lipinski definition) is 2. The number of carbonyl (C=O) groups is 1. The van der Waals surface area contributed by atoms with Gasteiger partial charge in [-0.3, -0.25) is 0 Å². The summed E-state index contributed by atoms with van der Waals surface area (Å²) in [4.78, 5) is 10.6. The molecule has 1 atom stereocenters. The van der Waals surface area contributed by atoms with Crippen LogP contribution in [0.15, 0.2) is 23.2 Å². The molecule has 0 aliphatic heterocycles. The molecular weight excluding hydrogens is 279 g/mol. The van der Waals surface area contributed by atoms with Crippen molar-refractivity contribution in [3.63, 3.8) is 0 Å². The topological polar surface area (TPSA) is 46.5 Å². The van der Waals surface area contributed by atoms with Crippen LogP contribution in [0.1, 0.15) is 12.5 Å². The van der Waals surface area contributed by atoms with Crippen LogP contribution >= 0.6 is 15.9 Å². The van der Waals surface area contributed by atoms with Gasteiger partial charge in [0.1, 0.15) is 11.6 Å². The van der Waals surface area contributed by atoms with Crippen LogP contribution in [0.4, 0.5) is 4.39 Å². The summed E-state index contributed by atoms with van der Waals surface area (Å²) < 4.78 is 18.6. The Labute approximate surface area is 101 Å². The molecule has 1 aromatic rings. The van der Waals surface area contributed by atoms with Gasteiger partial charge in [0.25, 0.3) is 0 Å². The Balaban J connectivity index is 3.07. The quantitative estimate of drug-likeness (QED) is 0.926. The number of aliphatic carboxylic acids is 1. The van der Waals surface area contributed by atoms with Crippen LogP contribution in [0.25, 0.3) is 6.08 Å². The summed E-state index contributed by atoms with van der Waals surface area (Å²) in [6, 6.07) is 2.60. The third-order valence-corrected chi connectivity index (χ3v) is 2.53. The second-order valence-electron chi connectivity index (χ2n) is 3.11. The smallest absolute Gasteiger partial charge is 0.344 e. The van der Waals surface area contributed by atoms with Gasteiger partial charge in [0.2, 0.25) is 0 Å². The van der Waals surface area contributed by atoms with Gasteiger partial charge in [0.15, 0.2) is 6.10 Å². The molecule has 86 valence electrons. The highest BCUT2D eigenvalue weighted by atomic mass is 79.9. The number of hydrogen-bond donors (Lipinski definition) is 1. The molecule has 0 amide bonds. The SMILES string of the molecule is C=Cc1cc(F)c(Br)cc1O[C@@H](C)C(=O)O. The van der Waals surface area contributed by atoms with Crippen LogP contribution in [-0.2, 0) is 4.79 Å². The van der Waals surface area contributed by atoms with Gasteiger partial charge in [-0.25, -0.2) is 9.18 Å². The summed E-state index contributed by atoms with van der Waals surface area (Å²) >= 11 is 3.00. The first kappa shape index (κ1) is 12.7. The Morgan fingerprint density at radius 2 is 2.31 bits per heavy atom. The van der Waals surface area contributed by atoms with E-state index in [0.29, 0.717) is 5.56 Å². The maximum absolute atomic E-state index is 13.2. The predicted molar refractivity (Wildman–Crippen MR) is 61.9 cm³/mol. The molecule has 3 nitrogen and oxygen atoms in total. The van der Waals surface area contributed by atoms with Crippen LogP contribution < -0.4 is 4.74 Å². The fourth-order valence-electron chi connectivity index (χ4n) is 1.05. The monoisotopic (exact) mass is 288 g/mol. The minimum atomic E-state index is -1.09. The summed E-state index contributed by atoms with van der Waals surface area (Å²) in [7, 11) is 0. The van der Waals surface area contributed by atoms with Crippen LogP contribution in [0.5, 0.6) is 5.75 Å². The van der Waals surface area contributed by atoms with Crippen LogP contribution in [0.2, 0.25) is 0 Å². The van der Waals surface area contributed by atoms with Gasteiger partial charge < -0.3 is 9.84 Å². The van der Waals surface area contributed by atoms with Crippen molar-refractivity contribution in [2.24, 2.45) is 0 Å². The molecule has 1 N–H and O–H groups in total. The van der Waals surface area contributed by atoms with Crippen molar-refractivity contribution in [2.75, 3.05) is 0 Å². The van der Waals surface area contributed by atoms with Gasteiger partial charge in [-0.2, -0.15) is 0 Å². The van der Waals surface area contributed by atoms with E-state index in [1.165, 1.54) is 25.1 Å². The van der Waals surface area contributed by atoms with E-state index < -0.39 is 17.9 Å². The second kappa shape index (κ2) is 5.12. The molecule has 0 aromatic heterocycles. The predicted octanol–water partition coefficient (Wildman–Crippen LogP) is 3.08. The molecule has 0 saturated heterocycles. The molecule has 0 bridgehead atoms. The molecule has 0 aliphatic carbocycles. The summed E-state index contributed by atoms with van der Waals surface area (Å²) in [5, 5.41) is 8.69. The lowest BCUT2D eigenvalue weighted by Crippen LogP contribution is -2.23. The third kappa shape index (κ3) is 2.82. The van der Waals surface area contributed by atoms with Crippen LogP contribution in [-0.4, -0.2) is 17.2 Å². The molecule has 0 radical (unpaired) electrons. The van der Waals surface area contributed by atoms with Gasteiger partial charge in [0, 0.05) is 5.56 Å². The van der Waals surface area contributed by atoms with Crippen molar-refractivity contribution in [1.82, 2.24) is 0 Å². The van der Waals surface area contributed by atoms with E-state index in [4.69, 9.17) is 9.84 Å². The van der Waals surface area contributed by atoms with Crippen molar-refractivity contribution in [3.8, 4) is 5.75 Å². The van der Waals surface area contributed by atoms with E-state index in [0.717, 1.165) is 0 Å². The zero-order chi connectivity index (χ0) is 12.3. The molecule has 0 heterocycles. The minimum Gasteiger partial charge on any atom is -0.479 e. The van der Waals surface area contributed by atoms with Gasteiger partial charge in [0.05, 0.1) is 4.47 Å². The Bertz CT molecular complexity index is 431.